The Morgan fingerprint density at radius 3 is 2.58 bits per heavy atom. The van der Waals surface area contributed by atoms with Crippen molar-refractivity contribution in [3.05, 3.63) is 33.9 Å². The minimum atomic E-state index is -0.382. The summed E-state index contributed by atoms with van der Waals surface area (Å²) in [5, 5.41) is 17.7. The van der Waals surface area contributed by atoms with E-state index in [0.717, 1.165) is 39.0 Å². The Bertz CT molecular complexity index is 654. The van der Waals surface area contributed by atoms with Crippen molar-refractivity contribution in [3.8, 4) is 0 Å². The number of anilines is 1. The van der Waals surface area contributed by atoms with Gasteiger partial charge >= 0.3 is 0 Å². The lowest BCUT2D eigenvalue weighted by Gasteiger charge is -2.36. The molecule has 8 heteroatoms. The number of benzene rings is 1. The third kappa shape index (κ3) is 4.65. The molecule has 2 saturated heterocycles. The number of nitro groups is 1. The molecule has 1 aromatic rings. The summed E-state index contributed by atoms with van der Waals surface area (Å²) >= 11 is 0. The van der Waals surface area contributed by atoms with Crippen LogP contribution in [0.4, 0.5) is 11.4 Å². The van der Waals surface area contributed by atoms with Gasteiger partial charge in [0.1, 0.15) is 5.69 Å². The number of nitro benzene ring substituents is 1. The first-order valence-corrected chi connectivity index (χ1v) is 8.99. The second-order valence-corrected chi connectivity index (χ2v) is 7.47. The van der Waals surface area contributed by atoms with E-state index >= 15 is 0 Å². The molecule has 1 aromatic carbocycles. The van der Waals surface area contributed by atoms with Crippen LogP contribution >= 0.6 is 12.4 Å². The molecule has 0 spiro atoms. The predicted octanol–water partition coefficient (Wildman–Crippen LogP) is 2.59. The Hall–Kier alpha value is -1.86. The molecular formula is C18H27ClN4O3. The van der Waals surface area contributed by atoms with Gasteiger partial charge in [-0.25, -0.2) is 0 Å². The van der Waals surface area contributed by atoms with Gasteiger partial charge in [0, 0.05) is 37.3 Å². The molecule has 0 aliphatic carbocycles. The molecule has 3 atom stereocenters. The molecule has 2 aliphatic rings. The van der Waals surface area contributed by atoms with E-state index in [1.165, 1.54) is 6.07 Å². The molecular weight excluding hydrogens is 356 g/mol. The summed E-state index contributed by atoms with van der Waals surface area (Å²) in [6.45, 7) is 7.59. The van der Waals surface area contributed by atoms with E-state index in [4.69, 9.17) is 0 Å². The molecule has 0 radical (unpaired) electrons. The molecule has 0 bridgehead atoms. The lowest BCUT2D eigenvalue weighted by Crippen LogP contribution is -2.39. The molecule has 2 fully saturated rings. The number of rotatable bonds is 4. The minimum Gasteiger partial charge on any atom is -0.365 e. The summed E-state index contributed by atoms with van der Waals surface area (Å²) in [5.74, 6) is 0.756. The van der Waals surface area contributed by atoms with Gasteiger partial charge in [-0.1, -0.05) is 13.8 Å². The highest BCUT2D eigenvalue weighted by Crippen LogP contribution is 2.33. The zero-order chi connectivity index (χ0) is 18.0. The average molecular weight is 383 g/mol. The van der Waals surface area contributed by atoms with Crippen molar-refractivity contribution in [2.75, 3.05) is 31.1 Å². The van der Waals surface area contributed by atoms with E-state index in [-0.39, 0.29) is 35.0 Å². The maximum absolute atomic E-state index is 12.4. The van der Waals surface area contributed by atoms with Crippen LogP contribution in [-0.2, 0) is 0 Å². The fraction of sp³-hybridized carbons (Fsp3) is 0.611. The fourth-order valence-electron chi connectivity index (χ4n) is 3.98. The molecule has 2 heterocycles. The third-order valence-electron chi connectivity index (χ3n) is 5.04. The van der Waals surface area contributed by atoms with Crippen molar-refractivity contribution in [1.29, 1.82) is 0 Å². The van der Waals surface area contributed by atoms with Crippen LogP contribution in [0.1, 0.15) is 37.0 Å². The van der Waals surface area contributed by atoms with Crippen LogP contribution in [0.3, 0.4) is 0 Å². The molecule has 2 N–H and O–H groups in total. The molecule has 0 aromatic heterocycles. The largest absolute Gasteiger partial charge is 0.365 e. The summed E-state index contributed by atoms with van der Waals surface area (Å²) in [7, 11) is 0. The second kappa shape index (κ2) is 8.68. The molecule has 26 heavy (non-hydrogen) atoms. The van der Waals surface area contributed by atoms with Crippen LogP contribution < -0.4 is 15.5 Å². The number of nitrogens with zero attached hydrogens (tertiary/aromatic N) is 2. The van der Waals surface area contributed by atoms with Crippen molar-refractivity contribution in [1.82, 2.24) is 10.6 Å². The fourth-order valence-corrected chi connectivity index (χ4v) is 3.98. The highest BCUT2D eigenvalue weighted by atomic mass is 35.5. The van der Waals surface area contributed by atoms with E-state index in [9.17, 15) is 14.9 Å². The lowest BCUT2D eigenvalue weighted by atomic mass is 9.91. The van der Waals surface area contributed by atoms with E-state index in [0.29, 0.717) is 23.1 Å². The van der Waals surface area contributed by atoms with Crippen LogP contribution in [-0.4, -0.2) is 43.1 Å². The Labute approximate surface area is 160 Å². The predicted molar refractivity (Wildman–Crippen MR) is 104 cm³/mol. The number of piperidine rings is 1. The van der Waals surface area contributed by atoms with Gasteiger partial charge in [-0.2, -0.15) is 0 Å². The Morgan fingerprint density at radius 1 is 1.31 bits per heavy atom. The SMILES string of the molecule is CC1CC(C)CN(c2ccc(C(=O)NC3CCNC3)cc2[N+](=O)[O-])C1.Cl. The van der Waals surface area contributed by atoms with Gasteiger partial charge in [-0.05, 0) is 43.4 Å². The number of amides is 1. The van der Waals surface area contributed by atoms with Crippen molar-refractivity contribution in [3.63, 3.8) is 0 Å². The van der Waals surface area contributed by atoms with Crippen LogP contribution in [0.5, 0.6) is 0 Å². The number of halogens is 1. The van der Waals surface area contributed by atoms with Crippen molar-refractivity contribution >= 4 is 29.7 Å². The zero-order valence-electron chi connectivity index (χ0n) is 15.2. The molecule has 2 aliphatic heterocycles. The monoisotopic (exact) mass is 382 g/mol. The standard InChI is InChI=1S/C18H26N4O3.ClH/c1-12-7-13(2)11-21(10-12)16-4-3-14(8-17(16)22(24)25)18(23)20-15-5-6-19-9-15;/h3-4,8,12-13,15,19H,5-7,9-11H2,1-2H3,(H,20,23);1H. The maximum Gasteiger partial charge on any atom is 0.293 e. The minimum absolute atomic E-state index is 0. The summed E-state index contributed by atoms with van der Waals surface area (Å²) in [4.78, 5) is 25.7. The molecule has 3 rings (SSSR count). The molecule has 3 unspecified atom stereocenters. The molecule has 1 amide bonds. The number of carbonyl (C=O) groups excluding carboxylic acids is 1. The number of nitrogens with one attached hydrogen (secondary N) is 2. The van der Waals surface area contributed by atoms with Gasteiger partial charge in [0.15, 0.2) is 0 Å². The maximum atomic E-state index is 12.4. The summed E-state index contributed by atoms with van der Waals surface area (Å²) in [6.07, 6.45) is 2.02. The highest BCUT2D eigenvalue weighted by molar-refractivity contribution is 5.96. The number of hydrogen-bond donors (Lipinski definition) is 2. The lowest BCUT2D eigenvalue weighted by molar-refractivity contribution is -0.384. The third-order valence-corrected chi connectivity index (χ3v) is 5.04. The summed E-state index contributed by atoms with van der Waals surface area (Å²) < 4.78 is 0. The van der Waals surface area contributed by atoms with Crippen molar-refractivity contribution < 1.29 is 9.72 Å². The Balaban J connectivity index is 0.00000243. The van der Waals surface area contributed by atoms with Crippen molar-refractivity contribution in [2.45, 2.75) is 32.7 Å². The van der Waals surface area contributed by atoms with E-state index in [2.05, 4.69) is 29.4 Å². The van der Waals surface area contributed by atoms with Crippen LogP contribution in [0.15, 0.2) is 18.2 Å². The van der Waals surface area contributed by atoms with Gasteiger partial charge in [0.25, 0.3) is 11.6 Å². The van der Waals surface area contributed by atoms with Gasteiger partial charge in [-0.15, -0.1) is 12.4 Å². The number of hydrogen-bond acceptors (Lipinski definition) is 5. The first-order valence-electron chi connectivity index (χ1n) is 8.99. The van der Waals surface area contributed by atoms with Crippen LogP contribution in [0.2, 0.25) is 0 Å². The van der Waals surface area contributed by atoms with Crippen LogP contribution in [0.25, 0.3) is 0 Å². The van der Waals surface area contributed by atoms with E-state index < -0.39 is 0 Å². The average Bonchev–Trinajstić information content (AvgIpc) is 3.06. The zero-order valence-corrected chi connectivity index (χ0v) is 16.1. The smallest absolute Gasteiger partial charge is 0.293 e. The highest BCUT2D eigenvalue weighted by Gasteiger charge is 2.28. The normalized spacial score (nSPS) is 25.5. The van der Waals surface area contributed by atoms with Gasteiger partial charge in [-0.3, -0.25) is 14.9 Å². The van der Waals surface area contributed by atoms with Gasteiger partial charge in [0.2, 0.25) is 0 Å². The van der Waals surface area contributed by atoms with E-state index in [1.807, 2.05) is 0 Å². The second-order valence-electron chi connectivity index (χ2n) is 7.47. The number of carbonyl (C=O) groups is 1. The summed E-state index contributed by atoms with van der Waals surface area (Å²) in [6, 6.07) is 4.93. The Morgan fingerprint density at radius 2 is 2.00 bits per heavy atom. The van der Waals surface area contributed by atoms with Crippen molar-refractivity contribution in [2.24, 2.45) is 11.8 Å². The molecule has 0 saturated carbocycles. The van der Waals surface area contributed by atoms with Gasteiger partial charge in [0.05, 0.1) is 4.92 Å². The van der Waals surface area contributed by atoms with E-state index in [1.54, 1.807) is 12.1 Å². The van der Waals surface area contributed by atoms with Crippen LogP contribution in [0, 0.1) is 22.0 Å². The molecule has 7 nitrogen and oxygen atoms in total. The quantitative estimate of drug-likeness (QED) is 0.617. The topological polar surface area (TPSA) is 87.5 Å². The first kappa shape index (κ1) is 20.5. The Kier molecular flexibility index (Phi) is 6.83. The first-order chi connectivity index (χ1) is 11.9. The van der Waals surface area contributed by atoms with Gasteiger partial charge < -0.3 is 15.5 Å². The molecule has 144 valence electrons. The summed E-state index contributed by atoms with van der Waals surface area (Å²) in [5.41, 5.74) is 0.974.